The van der Waals surface area contributed by atoms with Gasteiger partial charge in [-0.3, -0.25) is 19.2 Å². The highest BCUT2D eigenvalue weighted by atomic mass is 16.5. The molecule has 1 aliphatic carbocycles. The molecule has 14 nitrogen and oxygen atoms in total. The first-order valence-electron chi connectivity index (χ1n) is 12.9. The molecule has 0 spiro atoms. The lowest BCUT2D eigenvalue weighted by atomic mass is 9.75. The van der Waals surface area contributed by atoms with Crippen molar-refractivity contribution in [1.29, 1.82) is 0 Å². The molecule has 0 fully saturated rings. The molecule has 1 aliphatic rings. The van der Waals surface area contributed by atoms with Crippen LogP contribution in [0.4, 0.5) is 0 Å². The molecule has 14 heteroatoms. The molecule has 0 saturated carbocycles. The lowest BCUT2D eigenvalue weighted by Crippen LogP contribution is -2.31. The Balaban J connectivity index is 2.27. The van der Waals surface area contributed by atoms with Crippen molar-refractivity contribution in [3.8, 4) is 34.5 Å². The van der Waals surface area contributed by atoms with Gasteiger partial charge < -0.3 is 48.8 Å². The molecule has 0 radical (unpaired) electrons. The molecule has 2 aromatic carbocycles. The molecule has 0 bridgehead atoms. The topological polar surface area (TPSA) is 205 Å². The van der Waals surface area contributed by atoms with Crippen LogP contribution in [0.25, 0.3) is 0 Å². The zero-order valence-electron chi connectivity index (χ0n) is 24.7. The number of benzene rings is 2. The molecule has 0 amide bonds. The van der Waals surface area contributed by atoms with Gasteiger partial charge in [-0.25, -0.2) is 0 Å². The lowest BCUT2D eigenvalue weighted by Gasteiger charge is -2.28. The highest BCUT2D eigenvalue weighted by Crippen LogP contribution is 2.47. The van der Waals surface area contributed by atoms with Gasteiger partial charge in [-0.05, 0) is 35.4 Å². The van der Waals surface area contributed by atoms with Crippen molar-refractivity contribution in [1.82, 2.24) is 0 Å². The predicted molar refractivity (Wildman–Crippen MR) is 150 cm³/mol. The van der Waals surface area contributed by atoms with Gasteiger partial charge in [0.25, 0.3) is 0 Å². The maximum Gasteiger partial charge on any atom is 0.306 e. The van der Waals surface area contributed by atoms with E-state index in [-0.39, 0.29) is 34.1 Å². The minimum absolute atomic E-state index is 0.0833. The third-order valence-corrected chi connectivity index (χ3v) is 7.13. The summed E-state index contributed by atoms with van der Waals surface area (Å²) in [4.78, 5) is 52.5. The summed E-state index contributed by atoms with van der Waals surface area (Å²) in [6, 6.07) is 5.04. The van der Waals surface area contributed by atoms with Gasteiger partial charge in [-0.2, -0.15) is 0 Å². The van der Waals surface area contributed by atoms with Gasteiger partial charge in [0.15, 0.2) is 34.5 Å². The standard InChI is InChI=1S/C30H32O14/c1-39-17-7-13(8-18(40-2)25(17)33)15(11-21(31)43-5)23-27(35)29(37)24(30(38)28(23)36)16(12-22(32)44-6)14-9-19(41-3)26(34)20(10-14)42-4/h7-10,15-16,33-35,38H,11-12H2,1-6H3/t15-,16-/m0/s1. The number of aromatic hydroxyl groups is 2. The summed E-state index contributed by atoms with van der Waals surface area (Å²) in [6.07, 6.45) is -1.18. The van der Waals surface area contributed by atoms with Crippen molar-refractivity contribution in [2.45, 2.75) is 24.7 Å². The van der Waals surface area contributed by atoms with E-state index in [1.165, 1.54) is 52.7 Å². The van der Waals surface area contributed by atoms with Gasteiger partial charge in [0.2, 0.25) is 23.1 Å². The van der Waals surface area contributed by atoms with Crippen molar-refractivity contribution in [2.75, 3.05) is 42.7 Å². The van der Waals surface area contributed by atoms with E-state index in [9.17, 15) is 39.6 Å². The van der Waals surface area contributed by atoms with Crippen LogP contribution < -0.4 is 18.9 Å². The smallest absolute Gasteiger partial charge is 0.306 e. The monoisotopic (exact) mass is 616 g/mol. The number of Topliss-reactive ketones (excluding diaryl/α,β-unsaturated/α-hetero) is 2. The number of phenols is 2. The summed E-state index contributed by atoms with van der Waals surface area (Å²) >= 11 is 0. The van der Waals surface area contributed by atoms with E-state index < -0.39 is 82.3 Å². The Bertz CT molecular complexity index is 1390. The van der Waals surface area contributed by atoms with Crippen LogP contribution in [-0.2, 0) is 28.7 Å². The molecule has 0 aliphatic heterocycles. The number of hydrogen-bond donors (Lipinski definition) is 4. The second kappa shape index (κ2) is 13.7. The van der Waals surface area contributed by atoms with Crippen LogP contribution in [0, 0.1) is 0 Å². The normalized spacial score (nSPS) is 14.6. The fourth-order valence-corrected chi connectivity index (χ4v) is 4.86. The number of carbonyl (C=O) groups excluding carboxylic acids is 4. The summed E-state index contributed by atoms with van der Waals surface area (Å²) in [5.41, 5.74) is -1.15. The number of phenolic OH excluding ortho intramolecular Hbond substituents is 2. The summed E-state index contributed by atoms with van der Waals surface area (Å²) in [5.74, 6) is -10.4. The molecular weight excluding hydrogens is 584 g/mol. The van der Waals surface area contributed by atoms with Crippen LogP contribution in [-0.4, -0.2) is 86.6 Å². The number of methoxy groups -OCH3 is 6. The van der Waals surface area contributed by atoms with Crippen molar-refractivity contribution < 1.29 is 68.0 Å². The average Bonchev–Trinajstić information content (AvgIpc) is 3.02. The minimum Gasteiger partial charge on any atom is -0.504 e. The molecular formula is C30H32O14. The zero-order chi connectivity index (χ0) is 32.9. The second-order valence-corrected chi connectivity index (χ2v) is 9.40. The van der Waals surface area contributed by atoms with Crippen LogP contribution in [0.1, 0.15) is 35.8 Å². The van der Waals surface area contributed by atoms with Gasteiger partial charge in [0.05, 0.1) is 66.6 Å². The Morgan fingerprint density at radius 2 is 0.841 bits per heavy atom. The number of ether oxygens (including phenoxy) is 6. The molecule has 4 N–H and O–H groups in total. The van der Waals surface area contributed by atoms with Gasteiger partial charge in [0.1, 0.15) is 0 Å². The molecule has 0 saturated heterocycles. The Hall–Kier alpha value is -5.40. The van der Waals surface area contributed by atoms with Gasteiger partial charge in [-0.1, -0.05) is 0 Å². The van der Waals surface area contributed by atoms with Crippen LogP contribution in [0.5, 0.6) is 34.5 Å². The first-order valence-corrected chi connectivity index (χ1v) is 12.9. The number of hydrogen-bond acceptors (Lipinski definition) is 14. The van der Waals surface area contributed by atoms with E-state index in [1.807, 2.05) is 0 Å². The molecule has 3 rings (SSSR count). The number of allylic oxidation sites excluding steroid dienone is 2. The number of rotatable bonds is 12. The predicted octanol–water partition coefficient (Wildman–Crippen LogP) is 2.90. The Labute approximate surface area is 251 Å². The molecule has 44 heavy (non-hydrogen) atoms. The first-order chi connectivity index (χ1) is 20.9. The number of ketones is 2. The average molecular weight is 617 g/mol. The maximum atomic E-state index is 13.8. The van der Waals surface area contributed by atoms with Gasteiger partial charge in [-0.15, -0.1) is 0 Å². The number of carbonyl (C=O) groups is 4. The summed E-state index contributed by atoms with van der Waals surface area (Å²) < 4.78 is 30.2. The van der Waals surface area contributed by atoms with E-state index in [4.69, 9.17) is 28.4 Å². The van der Waals surface area contributed by atoms with Gasteiger partial charge in [0, 0.05) is 11.8 Å². The zero-order valence-corrected chi connectivity index (χ0v) is 24.7. The molecule has 0 unspecified atom stereocenters. The fourth-order valence-electron chi connectivity index (χ4n) is 4.86. The van der Waals surface area contributed by atoms with E-state index in [2.05, 4.69) is 0 Å². The number of esters is 2. The maximum absolute atomic E-state index is 13.8. The third kappa shape index (κ3) is 6.19. The molecule has 2 aromatic rings. The lowest BCUT2D eigenvalue weighted by molar-refractivity contribution is -0.142. The third-order valence-electron chi connectivity index (χ3n) is 7.13. The van der Waals surface area contributed by atoms with Gasteiger partial charge >= 0.3 is 11.9 Å². The quantitative estimate of drug-likeness (QED) is 0.200. The highest BCUT2D eigenvalue weighted by Gasteiger charge is 2.43. The highest BCUT2D eigenvalue weighted by molar-refractivity contribution is 6.24. The van der Waals surface area contributed by atoms with E-state index in [0.717, 1.165) is 14.2 Å². The van der Waals surface area contributed by atoms with Crippen LogP contribution in [0.2, 0.25) is 0 Å². The molecule has 2 atom stereocenters. The molecule has 0 aromatic heterocycles. The van der Waals surface area contributed by atoms with Crippen LogP contribution in [0.3, 0.4) is 0 Å². The van der Waals surface area contributed by atoms with Crippen molar-refractivity contribution in [3.05, 3.63) is 58.1 Å². The van der Waals surface area contributed by atoms with Crippen molar-refractivity contribution in [3.63, 3.8) is 0 Å². The number of aliphatic hydroxyl groups is 2. The Kier molecular flexibility index (Phi) is 10.3. The SMILES string of the molecule is COC(=O)C[C@H](C1=C(O)C(=O)C([C@@H](CC(=O)OC)c2cc(OC)c(O)c(OC)c2)=C(O)C1=O)c1cc(OC)c(O)c(OC)c1. The van der Waals surface area contributed by atoms with E-state index in [0.29, 0.717) is 0 Å². The number of aliphatic hydroxyl groups excluding tert-OH is 2. The molecule has 236 valence electrons. The van der Waals surface area contributed by atoms with Crippen molar-refractivity contribution >= 4 is 23.5 Å². The second-order valence-electron chi connectivity index (χ2n) is 9.40. The fraction of sp³-hybridized carbons (Fsp3) is 0.333. The van der Waals surface area contributed by atoms with E-state index in [1.54, 1.807) is 0 Å². The summed E-state index contributed by atoms with van der Waals surface area (Å²) in [7, 11) is 7.16. The molecule has 0 heterocycles. The Morgan fingerprint density at radius 3 is 1.07 bits per heavy atom. The first kappa shape index (κ1) is 33.1. The van der Waals surface area contributed by atoms with Crippen LogP contribution >= 0.6 is 0 Å². The minimum atomic E-state index is -1.40. The van der Waals surface area contributed by atoms with E-state index >= 15 is 0 Å². The van der Waals surface area contributed by atoms with Crippen LogP contribution in [0.15, 0.2) is 46.9 Å². The summed E-state index contributed by atoms with van der Waals surface area (Å²) in [6.45, 7) is 0. The largest absolute Gasteiger partial charge is 0.504 e. The Morgan fingerprint density at radius 1 is 0.568 bits per heavy atom. The van der Waals surface area contributed by atoms with Crippen molar-refractivity contribution in [2.24, 2.45) is 0 Å². The summed E-state index contributed by atoms with van der Waals surface area (Å²) in [5, 5.41) is 43.2.